The first-order valence-corrected chi connectivity index (χ1v) is 8.50. The molecule has 3 heterocycles. The van der Waals surface area contributed by atoms with Gasteiger partial charge < -0.3 is 14.7 Å². The van der Waals surface area contributed by atoms with Gasteiger partial charge >= 0.3 is 12.0 Å². The normalized spacial score (nSPS) is 18.5. The van der Waals surface area contributed by atoms with Crippen molar-refractivity contribution in [3.63, 3.8) is 0 Å². The van der Waals surface area contributed by atoms with Gasteiger partial charge in [0.1, 0.15) is 5.82 Å². The number of aromatic nitrogens is 1. The molecule has 0 atom stereocenters. The summed E-state index contributed by atoms with van der Waals surface area (Å²) in [6.07, 6.45) is 4.09. The topological polar surface area (TPSA) is 83.0 Å². The Kier molecular flexibility index (Phi) is 4.23. The third kappa shape index (κ3) is 3.21. The van der Waals surface area contributed by atoms with Crippen LogP contribution in [0.1, 0.15) is 18.4 Å². The lowest BCUT2D eigenvalue weighted by atomic mass is 10.2. The van der Waals surface area contributed by atoms with E-state index in [1.54, 1.807) is 12.1 Å². The zero-order valence-electron chi connectivity index (χ0n) is 14.3. The summed E-state index contributed by atoms with van der Waals surface area (Å²) in [6, 6.07) is 7.00. The molecule has 0 aliphatic carbocycles. The SMILES string of the molecule is O=C1OC(=Cc2ccc(O)c(F)c2)C(=O)N1c1ccc(N2CCCC2)nc1. The monoisotopic (exact) mass is 369 g/mol. The lowest BCUT2D eigenvalue weighted by Crippen LogP contribution is -2.28. The van der Waals surface area contributed by atoms with E-state index in [0.717, 1.165) is 48.8 Å². The van der Waals surface area contributed by atoms with Gasteiger partial charge in [-0.05, 0) is 48.7 Å². The van der Waals surface area contributed by atoms with Crippen LogP contribution in [-0.2, 0) is 9.53 Å². The number of anilines is 2. The van der Waals surface area contributed by atoms with Crippen LogP contribution in [0.25, 0.3) is 6.08 Å². The fourth-order valence-corrected chi connectivity index (χ4v) is 3.10. The summed E-state index contributed by atoms with van der Waals surface area (Å²) in [7, 11) is 0. The number of imide groups is 1. The van der Waals surface area contributed by atoms with Gasteiger partial charge in [0, 0.05) is 13.1 Å². The number of carbonyl (C=O) groups excluding carboxylic acids is 2. The molecule has 4 rings (SSSR count). The van der Waals surface area contributed by atoms with Gasteiger partial charge in [-0.25, -0.2) is 19.1 Å². The molecule has 0 saturated carbocycles. The minimum Gasteiger partial charge on any atom is -0.505 e. The van der Waals surface area contributed by atoms with Gasteiger partial charge in [0.2, 0.25) is 0 Å². The number of cyclic esters (lactones) is 1. The highest BCUT2D eigenvalue weighted by atomic mass is 19.1. The van der Waals surface area contributed by atoms with Crippen molar-refractivity contribution in [2.24, 2.45) is 0 Å². The quantitative estimate of drug-likeness (QED) is 0.838. The second-order valence-electron chi connectivity index (χ2n) is 6.30. The Morgan fingerprint density at radius 1 is 1.15 bits per heavy atom. The van der Waals surface area contributed by atoms with E-state index in [4.69, 9.17) is 4.74 Å². The lowest BCUT2D eigenvalue weighted by molar-refractivity contribution is -0.114. The Balaban J connectivity index is 1.57. The maximum atomic E-state index is 13.4. The lowest BCUT2D eigenvalue weighted by Gasteiger charge is -2.17. The van der Waals surface area contributed by atoms with Crippen LogP contribution in [0.4, 0.5) is 20.7 Å². The summed E-state index contributed by atoms with van der Waals surface area (Å²) >= 11 is 0. The summed E-state index contributed by atoms with van der Waals surface area (Å²) in [4.78, 5) is 32.0. The summed E-state index contributed by atoms with van der Waals surface area (Å²) in [6.45, 7) is 1.88. The molecule has 1 aromatic carbocycles. The van der Waals surface area contributed by atoms with E-state index in [2.05, 4.69) is 9.88 Å². The Hall–Kier alpha value is -3.42. The number of hydrogen-bond acceptors (Lipinski definition) is 6. The second-order valence-corrected chi connectivity index (χ2v) is 6.30. The number of carbonyl (C=O) groups is 2. The fourth-order valence-electron chi connectivity index (χ4n) is 3.10. The van der Waals surface area contributed by atoms with E-state index in [0.29, 0.717) is 5.69 Å². The number of phenolic OH excluding ortho intramolecular Hbond substituents is 1. The van der Waals surface area contributed by atoms with Gasteiger partial charge in [0.05, 0.1) is 11.9 Å². The van der Waals surface area contributed by atoms with Crippen molar-refractivity contribution < 1.29 is 23.8 Å². The number of hydrogen-bond donors (Lipinski definition) is 1. The molecular formula is C19H16FN3O4. The largest absolute Gasteiger partial charge is 0.505 e. The van der Waals surface area contributed by atoms with Crippen LogP contribution in [0.2, 0.25) is 0 Å². The van der Waals surface area contributed by atoms with E-state index < -0.39 is 23.6 Å². The van der Waals surface area contributed by atoms with Gasteiger partial charge in [0.15, 0.2) is 17.3 Å². The molecule has 1 N–H and O–H groups in total. The van der Waals surface area contributed by atoms with Gasteiger partial charge in [-0.15, -0.1) is 0 Å². The molecule has 8 heteroatoms. The summed E-state index contributed by atoms with van der Waals surface area (Å²) in [5.74, 6) is -1.43. The van der Waals surface area contributed by atoms with Gasteiger partial charge in [-0.3, -0.25) is 4.79 Å². The van der Waals surface area contributed by atoms with Crippen LogP contribution in [0.5, 0.6) is 5.75 Å². The Bertz CT molecular complexity index is 936. The van der Waals surface area contributed by atoms with Crippen LogP contribution >= 0.6 is 0 Å². The molecule has 0 spiro atoms. The van der Waals surface area contributed by atoms with Crippen LogP contribution in [0, 0.1) is 5.82 Å². The highest BCUT2D eigenvalue weighted by Crippen LogP contribution is 2.28. The number of rotatable bonds is 3. The molecule has 0 bridgehead atoms. The van der Waals surface area contributed by atoms with E-state index in [-0.39, 0.29) is 11.3 Å². The molecule has 2 aliphatic heterocycles. The predicted molar refractivity (Wildman–Crippen MR) is 95.7 cm³/mol. The molecule has 2 fully saturated rings. The first-order valence-electron chi connectivity index (χ1n) is 8.50. The van der Waals surface area contributed by atoms with Gasteiger partial charge in [0.25, 0.3) is 0 Å². The maximum Gasteiger partial charge on any atom is 0.427 e. The zero-order chi connectivity index (χ0) is 19.0. The average Bonchev–Trinajstić information content (AvgIpc) is 3.28. The molecule has 2 saturated heterocycles. The highest BCUT2D eigenvalue weighted by molar-refractivity contribution is 6.24. The molecule has 2 aliphatic rings. The third-order valence-corrected chi connectivity index (χ3v) is 4.48. The van der Waals surface area contributed by atoms with Gasteiger partial charge in [-0.2, -0.15) is 0 Å². The predicted octanol–water partition coefficient (Wildman–Crippen LogP) is 3.05. The molecule has 2 amide bonds. The number of aromatic hydroxyl groups is 1. The summed E-state index contributed by atoms with van der Waals surface area (Å²) in [5, 5.41) is 9.22. The molecule has 7 nitrogen and oxygen atoms in total. The van der Waals surface area contributed by atoms with Crippen LogP contribution in [0.15, 0.2) is 42.3 Å². The van der Waals surface area contributed by atoms with Crippen LogP contribution in [0.3, 0.4) is 0 Å². The average molecular weight is 369 g/mol. The smallest absolute Gasteiger partial charge is 0.427 e. The molecule has 27 heavy (non-hydrogen) atoms. The van der Waals surface area contributed by atoms with Crippen molar-refractivity contribution in [1.29, 1.82) is 0 Å². The second kappa shape index (κ2) is 6.71. The molecule has 138 valence electrons. The highest BCUT2D eigenvalue weighted by Gasteiger charge is 2.38. The van der Waals surface area contributed by atoms with Crippen molar-refractivity contribution in [3.05, 3.63) is 53.7 Å². The minimum atomic E-state index is -0.846. The van der Waals surface area contributed by atoms with E-state index in [1.807, 2.05) is 0 Å². The summed E-state index contributed by atoms with van der Waals surface area (Å²) < 4.78 is 18.5. The number of halogens is 1. The maximum absolute atomic E-state index is 13.4. The van der Waals surface area contributed by atoms with Crippen LogP contribution in [-0.4, -0.2) is 35.2 Å². The number of phenols is 1. The number of amides is 2. The van der Waals surface area contributed by atoms with Crippen molar-refractivity contribution in [2.75, 3.05) is 22.9 Å². The first kappa shape index (κ1) is 17.0. The number of benzene rings is 1. The first-order chi connectivity index (χ1) is 13.0. The molecule has 2 aromatic rings. The van der Waals surface area contributed by atoms with Gasteiger partial charge in [-0.1, -0.05) is 6.07 Å². The Morgan fingerprint density at radius 3 is 2.59 bits per heavy atom. The van der Waals surface area contributed by atoms with E-state index in [1.165, 1.54) is 18.3 Å². The Labute approximate surface area is 154 Å². The standard InChI is InChI=1S/C19H16FN3O4/c20-14-9-12(3-5-15(14)24)10-16-18(25)23(19(26)27-16)13-4-6-17(21-11-13)22-7-1-2-8-22/h3-6,9-11,24H,1-2,7-8H2. The number of ether oxygens (including phenoxy) is 1. The van der Waals surface area contributed by atoms with Crippen molar-refractivity contribution in [1.82, 2.24) is 4.98 Å². The molecular weight excluding hydrogens is 353 g/mol. The third-order valence-electron chi connectivity index (χ3n) is 4.48. The molecule has 0 radical (unpaired) electrons. The zero-order valence-corrected chi connectivity index (χ0v) is 14.3. The Morgan fingerprint density at radius 2 is 1.93 bits per heavy atom. The van der Waals surface area contributed by atoms with Crippen LogP contribution < -0.4 is 9.80 Å². The van der Waals surface area contributed by atoms with Crippen molar-refractivity contribution >= 4 is 29.6 Å². The van der Waals surface area contributed by atoms with E-state index >= 15 is 0 Å². The fraction of sp³-hybridized carbons (Fsp3) is 0.211. The minimum absolute atomic E-state index is 0.228. The van der Waals surface area contributed by atoms with E-state index in [9.17, 15) is 19.1 Å². The molecule has 1 aromatic heterocycles. The molecule has 0 unspecified atom stereocenters. The number of pyridine rings is 1. The summed E-state index contributed by atoms with van der Waals surface area (Å²) in [5.41, 5.74) is 0.582. The van der Waals surface area contributed by atoms with Crippen molar-refractivity contribution in [2.45, 2.75) is 12.8 Å². The number of nitrogens with zero attached hydrogens (tertiary/aromatic N) is 3. The van der Waals surface area contributed by atoms with Crippen molar-refractivity contribution in [3.8, 4) is 5.75 Å².